The molecule has 0 aliphatic carbocycles. The highest BCUT2D eigenvalue weighted by Gasteiger charge is 2.24. The molecule has 2 aromatic rings. The molecule has 1 unspecified atom stereocenters. The first-order chi connectivity index (χ1) is 14.0. The number of morpholine rings is 1. The Hall–Kier alpha value is -2.99. The Morgan fingerprint density at radius 3 is 2.41 bits per heavy atom. The van der Waals surface area contributed by atoms with Gasteiger partial charge in [-0.05, 0) is 37.6 Å². The van der Waals surface area contributed by atoms with Crippen molar-refractivity contribution >= 4 is 23.3 Å². The molecule has 6 nitrogen and oxygen atoms in total. The van der Waals surface area contributed by atoms with E-state index < -0.39 is 0 Å². The van der Waals surface area contributed by atoms with E-state index in [-0.39, 0.29) is 30.1 Å². The molecule has 1 N–H and O–H groups in total. The van der Waals surface area contributed by atoms with Crippen molar-refractivity contribution in [3.05, 3.63) is 65.7 Å². The van der Waals surface area contributed by atoms with E-state index in [0.717, 1.165) is 0 Å². The molecule has 1 aliphatic heterocycles. The average molecular weight is 394 g/mol. The summed E-state index contributed by atoms with van der Waals surface area (Å²) < 4.78 is 5.37. The minimum atomic E-state index is -0.147. The largest absolute Gasteiger partial charge is 0.377 e. The van der Waals surface area contributed by atoms with Crippen LogP contribution in [0, 0.1) is 0 Å². The van der Waals surface area contributed by atoms with Crippen molar-refractivity contribution in [3.8, 4) is 0 Å². The molecule has 3 rings (SSSR count). The molecule has 1 atom stereocenters. The molecule has 0 bridgehead atoms. The zero-order valence-electron chi connectivity index (χ0n) is 16.6. The Bertz CT molecular complexity index is 849. The third kappa shape index (κ3) is 5.74. The molecule has 1 heterocycles. The Labute approximate surface area is 170 Å². The number of hydrogen-bond acceptors (Lipinski definition) is 4. The number of anilines is 1. The second-order valence-electron chi connectivity index (χ2n) is 7.19. The first kappa shape index (κ1) is 20.7. The lowest BCUT2D eigenvalue weighted by Crippen LogP contribution is -2.47. The number of hydrogen-bond donors (Lipinski definition) is 1. The molecule has 0 saturated carbocycles. The number of carbonyl (C=O) groups is 3. The van der Waals surface area contributed by atoms with E-state index in [1.165, 1.54) is 0 Å². The van der Waals surface area contributed by atoms with Crippen LogP contribution in [0.5, 0.6) is 0 Å². The third-order valence-electron chi connectivity index (χ3n) is 4.95. The maximum atomic E-state index is 12.6. The van der Waals surface area contributed by atoms with Crippen LogP contribution in [0.15, 0.2) is 54.6 Å². The van der Waals surface area contributed by atoms with Gasteiger partial charge in [0.25, 0.3) is 5.91 Å². The predicted octanol–water partition coefficient (Wildman–Crippen LogP) is 3.54. The molecule has 2 amide bonds. The van der Waals surface area contributed by atoms with Crippen molar-refractivity contribution in [2.75, 3.05) is 25.1 Å². The fourth-order valence-electron chi connectivity index (χ4n) is 3.29. The van der Waals surface area contributed by atoms with Crippen molar-refractivity contribution in [2.45, 2.75) is 32.2 Å². The zero-order valence-corrected chi connectivity index (χ0v) is 16.6. The van der Waals surface area contributed by atoms with Gasteiger partial charge in [-0.3, -0.25) is 14.4 Å². The van der Waals surface area contributed by atoms with Crippen LogP contribution in [0.4, 0.5) is 5.69 Å². The van der Waals surface area contributed by atoms with Gasteiger partial charge in [-0.2, -0.15) is 0 Å². The van der Waals surface area contributed by atoms with E-state index in [0.29, 0.717) is 49.4 Å². The minimum absolute atomic E-state index is 0.0295. The number of nitrogens with zero attached hydrogens (tertiary/aromatic N) is 1. The number of Topliss-reactive ketones (excluding diaryl/α,β-unsaturated/α-hetero) is 1. The molecular formula is C23H26N2O4. The van der Waals surface area contributed by atoms with E-state index in [2.05, 4.69) is 5.32 Å². The molecule has 152 valence electrons. The van der Waals surface area contributed by atoms with Crippen molar-refractivity contribution in [1.82, 2.24) is 4.90 Å². The molecule has 1 saturated heterocycles. The molecule has 1 fully saturated rings. The summed E-state index contributed by atoms with van der Waals surface area (Å²) >= 11 is 0. The Balaban J connectivity index is 1.46. The van der Waals surface area contributed by atoms with Crippen LogP contribution in [-0.2, 0) is 9.53 Å². The first-order valence-corrected chi connectivity index (χ1v) is 9.91. The molecule has 6 heteroatoms. The van der Waals surface area contributed by atoms with Crippen LogP contribution in [0.3, 0.4) is 0 Å². The van der Waals surface area contributed by atoms with Crippen molar-refractivity contribution < 1.29 is 19.1 Å². The lowest BCUT2D eigenvalue weighted by molar-refractivity contribution is -0.116. The topological polar surface area (TPSA) is 75.7 Å². The number of nitrogens with one attached hydrogen (secondary N) is 1. The lowest BCUT2D eigenvalue weighted by Gasteiger charge is -2.33. The predicted molar refractivity (Wildman–Crippen MR) is 111 cm³/mol. The molecular weight excluding hydrogens is 368 g/mol. The number of rotatable bonds is 7. The summed E-state index contributed by atoms with van der Waals surface area (Å²) in [6, 6.07) is 16.0. The number of amides is 2. The van der Waals surface area contributed by atoms with Crippen LogP contribution >= 0.6 is 0 Å². The van der Waals surface area contributed by atoms with E-state index in [9.17, 15) is 14.4 Å². The van der Waals surface area contributed by atoms with Crippen LogP contribution < -0.4 is 5.32 Å². The molecule has 2 aromatic carbocycles. The Morgan fingerprint density at radius 1 is 1.00 bits per heavy atom. The van der Waals surface area contributed by atoms with Crippen LogP contribution in [0.25, 0.3) is 0 Å². The van der Waals surface area contributed by atoms with Gasteiger partial charge in [0.1, 0.15) is 0 Å². The Morgan fingerprint density at radius 2 is 1.72 bits per heavy atom. The fourth-order valence-corrected chi connectivity index (χ4v) is 3.29. The third-order valence-corrected chi connectivity index (χ3v) is 4.95. The average Bonchev–Trinajstić information content (AvgIpc) is 2.74. The SMILES string of the molecule is CC1COCCN1C(=O)c1ccc(NC(=O)CCCC(=O)c2ccccc2)cc1. The van der Waals surface area contributed by atoms with Gasteiger partial charge in [0, 0.05) is 36.2 Å². The molecule has 0 aromatic heterocycles. The van der Waals surface area contributed by atoms with Crippen molar-refractivity contribution in [1.29, 1.82) is 0 Å². The second kappa shape index (κ2) is 9.98. The first-order valence-electron chi connectivity index (χ1n) is 9.91. The number of benzene rings is 2. The van der Waals surface area contributed by atoms with Crippen molar-refractivity contribution in [3.63, 3.8) is 0 Å². The summed E-state index contributed by atoms with van der Waals surface area (Å²) in [5.41, 5.74) is 1.89. The van der Waals surface area contributed by atoms with Crippen LogP contribution in [-0.4, -0.2) is 48.3 Å². The number of ketones is 1. The summed E-state index contributed by atoms with van der Waals surface area (Å²) in [6.45, 7) is 3.65. The molecule has 29 heavy (non-hydrogen) atoms. The molecule has 0 radical (unpaired) electrons. The van der Waals surface area contributed by atoms with Crippen LogP contribution in [0.1, 0.15) is 46.9 Å². The van der Waals surface area contributed by atoms with Gasteiger partial charge in [-0.1, -0.05) is 30.3 Å². The fraction of sp³-hybridized carbons (Fsp3) is 0.348. The minimum Gasteiger partial charge on any atom is -0.377 e. The van der Waals surface area contributed by atoms with Gasteiger partial charge in [0.2, 0.25) is 5.91 Å². The summed E-state index contributed by atoms with van der Waals surface area (Å²) in [7, 11) is 0. The van der Waals surface area contributed by atoms with Gasteiger partial charge in [-0.25, -0.2) is 0 Å². The smallest absolute Gasteiger partial charge is 0.254 e. The van der Waals surface area contributed by atoms with Gasteiger partial charge in [-0.15, -0.1) is 0 Å². The monoisotopic (exact) mass is 394 g/mol. The van der Waals surface area contributed by atoms with Gasteiger partial charge < -0.3 is 15.0 Å². The van der Waals surface area contributed by atoms with Gasteiger partial charge in [0.15, 0.2) is 5.78 Å². The van der Waals surface area contributed by atoms with Crippen LogP contribution in [0.2, 0.25) is 0 Å². The second-order valence-corrected chi connectivity index (χ2v) is 7.19. The molecule has 0 spiro atoms. The highest BCUT2D eigenvalue weighted by molar-refractivity contribution is 5.97. The zero-order chi connectivity index (χ0) is 20.6. The van der Waals surface area contributed by atoms with Gasteiger partial charge in [0.05, 0.1) is 19.3 Å². The number of carbonyl (C=O) groups excluding carboxylic acids is 3. The maximum absolute atomic E-state index is 12.6. The van der Waals surface area contributed by atoms with E-state index >= 15 is 0 Å². The van der Waals surface area contributed by atoms with Crippen molar-refractivity contribution in [2.24, 2.45) is 0 Å². The maximum Gasteiger partial charge on any atom is 0.254 e. The summed E-state index contributed by atoms with van der Waals surface area (Å²) in [5, 5.41) is 2.81. The van der Waals surface area contributed by atoms with E-state index in [1.54, 1.807) is 41.3 Å². The Kier molecular flexibility index (Phi) is 7.14. The van der Waals surface area contributed by atoms with E-state index in [1.807, 2.05) is 25.1 Å². The highest BCUT2D eigenvalue weighted by atomic mass is 16.5. The molecule has 1 aliphatic rings. The summed E-state index contributed by atoms with van der Waals surface area (Å²) in [5.74, 6) is -0.136. The van der Waals surface area contributed by atoms with Gasteiger partial charge >= 0.3 is 0 Å². The summed E-state index contributed by atoms with van der Waals surface area (Å²) in [4.78, 5) is 38.6. The quantitative estimate of drug-likeness (QED) is 0.729. The van der Waals surface area contributed by atoms with E-state index in [4.69, 9.17) is 4.74 Å². The summed E-state index contributed by atoms with van der Waals surface area (Å²) in [6.07, 6.45) is 1.10. The number of ether oxygens (including phenoxy) is 1. The normalized spacial score (nSPS) is 16.3. The standard InChI is InChI=1S/C23H26N2O4/c1-17-16-29-15-14-25(17)23(28)19-10-12-20(13-11-19)24-22(27)9-5-8-21(26)18-6-3-2-4-7-18/h2-4,6-7,10-13,17H,5,8-9,14-16H2,1H3,(H,24,27). The lowest BCUT2D eigenvalue weighted by atomic mass is 10.1. The highest BCUT2D eigenvalue weighted by Crippen LogP contribution is 2.16.